The first-order valence-electron chi connectivity index (χ1n) is 5.22. The van der Waals surface area contributed by atoms with Gasteiger partial charge in [-0.15, -0.1) is 0 Å². The van der Waals surface area contributed by atoms with E-state index >= 15 is 0 Å². The van der Waals surface area contributed by atoms with Crippen molar-refractivity contribution in [3.8, 4) is 0 Å². The van der Waals surface area contributed by atoms with Gasteiger partial charge in [0.25, 0.3) is 0 Å². The van der Waals surface area contributed by atoms with Crippen molar-refractivity contribution in [1.82, 2.24) is 0 Å². The molecule has 0 aromatic heterocycles. The van der Waals surface area contributed by atoms with Crippen LogP contribution in [0.3, 0.4) is 0 Å². The zero-order valence-corrected chi connectivity index (χ0v) is 10.7. The van der Waals surface area contributed by atoms with Gasteiger partial charge >= 0.3 is 36.1 Å². The Morgan fingerprint density at radius 2 is 1.13 bits per heavy atom. The van der Waals surface area contributed by atoms with Crippen molar-refractivity contribution < 1.29 is 63.0 Å². The van der Waals surface area contributed by atoms with Gasteiger partial charge in [-0.05, 0) is 6.92 Å². The number of hydrogen-bond donors (Lipinski definition) is 0. The van der Waals surface area contributed by atoms with Gasteiger partial charge in [0, 0.05) is 0 Å². The largest absolute Gasteiger partial charge is 0.465 e. The molecule has 136 valence electrons. The van der Waals surface area contributed by atoms with Crippen LogP contribution in [0.1, 0.15) is 6.92 Å². The molecule has 1 unspecified atom stereocenters. The molecule has 0 rings (SSSR count). The van der Waals surface area contributed by atoms with Crippen molar-refractivity contribution in [2.75, 3.05) is 6.61 Å². The van der Waals surface area contributed by atoms with Gasteiger partial charge in [0.2, 0.25) is 0 Å². The van der Waals surface area contributed by atoms with E-state index in [1.54, 1.807) is 0 Å². The zero-order valence-electron chi connectivity index (χ0n) is 10.7. The molecule has 0 aliphatic carbocycles. The first-order chi connectivity index (χ1) is 9.94. The molecule has 0 aromatic carbocycles. The molecule has 0 saturated heterocycles. The predicted octanol–water partition coefficient (Wildman–Crippen LogP) is 2.86. The third-order valence-electron chi connectivity index (χ3n) is 1.98. The number of esters is 2. The van der Waals surface area contributed by atoms with Crippen LogP contribution in [0.15, 0.2) is 0 Å². The summed E-state index contributed by atoms with van der Waals surface area (Å²) in [4.78, 5) is 21.1. The van der Waals surface area contributed by atoms with E-state index in [-0.39, 0.29) is 0 Å². The molecular weight excluding hydrogens is 362 g/mol. The lowest BCUT2D eigenvalue weighted by atomic mass is 10.3. The van der Waals surface area contributed by atoms with E-state index in [1.165, 1.54) is 0 Å². The Bertz CT molecular complexity index is 452. The summed E-state index contributed by atoms with van der Waals surface area (Å²) >= 11 is 0. The average molecular weight is 368 g/mol. The van der Waals surface area contributed by atoms with Gasteiger partial charge in [-0.3, -0.25) is 0 Å². The second-order valence-corrected chi connectivity index (χ2v) is 3.96. The minimum atomic E-state index is -6.32. The molecule has 0 heterocycles. The maximum atomic E-state index is 12.5. The Morgan fingerprint density at radius 1 is 0.783 bits per heavy atom. The summed E-state index contributed by atoms with van der Waals surface area (Å²) in [5.74, 6) is -18.2. The topological polar surface area (TPSA) is 52.6 Å². The van der Waals surface area contributed by atoms with Gasteiger partial charge in [-0.2, -0.15) is 43.9 Å². The first kappa shape index (κ1) is 21.2. The second-order valence-electron chi connectivity index (χ2n) is 3.96. The summed E-state index contributed by atoms with van der Waals surface area (Å²) < 4.78 is 127. The molecule has 0 N–H and O–H groups in total. The van der Waals surface area contributed by atoms with Crippen molar-refractivity contribution in [1.29, 1.82) is 0 Å². The van der Waals surface area contributed by atoms with E-state index in [2.05, 4.69) is 9.47 Å². The van der Waals surface area contributed by atoms with Gasteiger partial charge in [0.15, 0.2) is 0 Å². The minimum Gasteiger partial charge on any atom is -0.457 e. The van der Waals surface area contributed by atoms with Gasteiger partial charge in [0.1, 0.15) is 12.7 Å². The molecule has 0 spiro atoms. The minimum absolute atomic E-state index is 0.517. The summed E-state index contributed by atoms with van der Waals surface area (Å²) in [6.45, 7) is -1.09. The molecule has 1 atom stereocenters. The van der Waals surface area contributed by atoms with E-state index in [4.69, 9.17) is 0 Å². The third-order valence-corrected chi connectivity index (χ3v) is 1.98. The number of carbonyl (C=O) groups is 2. The van der Waals surface area contributed by atoms with Gasteiger partial charge in [0.05, 0.1) is 0 Å². The molecule has 4 nitrogen and oxygen atoms in total. The molecule has 0 amide bonds. The number of carbonyl (C=O) groups excluding carboxylic acids is 2. The second kappa shape index (κ2) is 6.39. The number of rotatable bonds is 5. The van der Waals surface area contributed by atoms with Crippen molar-refractivity contribution in [2.45, 2.75) is 37.2 Å². The molecule has 0 saturated carbocycles. The average Bonchev–Trinajstić information content (AvgIpc) is 2.32. The quantitative estimate of drug-likeness (QED) is 0.553. The van der Waals surface area contributed by atoms with Gasteiger partial charge in [-0.1, -0.05) is 0 Å². The van der Waals surface area contributed by atoms with E-state index < -0.39 is 48.8 Å². The Labute approximate surface area is 120 Å². The summed E-state index contributed by atoms with van der Waals surface area (Å²) in [5, 5.41) is 0. The molecule has 0 bridgehead atoms. The van der Waals surface area contributed by atoms with Crippen molar-refractivity contribution in [3.05, 3.63) is 0 Å². The van der Waals surface area contributed by atoms with Crippen molar-refractivity contribution in [3.63, 3.8) is 0 Å². The summed E-state index contributed by atoms with van der Waals surface area (Å²) in [7, 11) is 0. The van der Waals surface area contributed by atoms with Crippen LogP contribution in [0.5, 0.6) is 0 Å². The molecule has 0 radical (unpaired) electrons. The Balaban J connectivity index is 4.68. The van der Waals surface area contributed by atoms with Crippen LogP contribution < -0.4 is 0 Å². The lowest BCUT2D eigenvalue weighted by Crippen LogP contribution is -2.47. The number of halogens is 10. The number of alkyl halides is 10. The monoisotopic (exact) mass is 368 g/mol. The summed E-state index contributed by atoms with van der Waals surface area (Å²) in [6.07, 6.45) is -14.8. The summed E-state index contributed by atoms with van der Waals surface area (Å²) in [6, 6.07) is 0. The van der Waals surface area contributed by atoms with Crippen molar-refractivity contribution in [2.24, 2.45) is 0 Å². The Kier molecular flexibility index (Phi) is 5.90. The zero-order chi connectivity index (χ0) is 18.9. The van der Waals surface area contributed by atoms with Crippen LogP contribution in [-0.4, -0.2) is 48.8 Å². The predicted molar refractivity (Wildman–Crippen MR) is 48.5 cm³/mol. The number of ether oxygens (including phenoxy) is 2. The van der Waals surface area contributed by atoms with E-state index in [1.807, 2.05) is 0 Å². The highest BCUT2D eigenvalue weighted by atomic mass is 19.4. The van der Waals surface area contributed by atoms with Crippen LogP contribution in [0.25, 0.3) is 0 Å². The normalized spacial score (nSPS) is 15.1. The molecule has 23 heavy (non-hydrogen) atoms. The van der Waals surface area contributed by atoms with Crippen LogP contribution in [0.2, 0.25) is 0 Å². The van der Waals surface area contributed by atoms with Crippen LogP contribution >= 0.6 is 0 Å². The van der Waals surface area contributed by atoms with E-state index in [9.17, 15) is 53.5 Å². The third kappa shape index (κ3) is 4.86. The molecule has 0 fully saturated rings. The SMILES string of the molecule is CC(COC(=O)C(F)(F)C(F)(F)F)OC(=O)C(F)(F)C(F)(F)F. The Hall–Kier alpha value is -1.76. The van der Waals surface area contributed by atoms with Gasteiger partial charge in [-0.25, -0.2) is 9.59 Å². The maximum absolute atomic E-state index is 12.5. The lowest BCUT2D eigenvalue weighted by Gasteiger charge is -2.22. The van der Waals surface area contributed by atoms with Crippen LogP contribution in [0, 0.1) is 0 Å². The Morgan fingerprint density at radius 3 is 1.48 bits per heavy atom. The first-order valence-corrected chi connectivity index (χ1v) is 5.22. The number of hydrogen-bond acceptors (Lipinski definition) is 4. The fraction of sp³-hybridized carbons (Fsp3) is 0.778. The van der Waals surface area contributed by atoms with E-state index in [0.717, 1.165) is 0 Å². The highest BCUT2D eigenvalue weighted by Crippen LogP contribution is 2.37. The van der Waals surface area contributed by atoms with Crippen LogP contribution in [-0.2, 0) is 19.1 Å². The standard InChI is InChI=1S/C9H6F10O4/c1-3(23-5(21)7(12,13)9(17,18)19)2-22-4(20)6(10,11)8(14,15)16/h3H,2H2,1H3. The highest BCUT2D eigenvalue weighted by Gasteiger charge is 2.66. The molecule has 14 heteroatoms. The smallest absolute Gasteiger partial charge is 0.457 e. The molecule has 0 aromatic rings. The highest BCUT2D eigenvalue weighted by molar-refractivity contribution is 5.79. The molecular formula is C9H6F10O4. The van der Waals surface area contributed by atoms with E-state index in [0.29, 0.717) is 6.92 Å². The van der Waals surface area contributed by atoms with Crippen molar-refractivity contribution >= 4 is 11.9 Å². The molecule has 0 aliphatic rings. The summed E-state index contributed by atoms with van der Waals surface area (Å²) in [5.41, 5.74) is 0. The maximum Gasteiger partial charge on any atom is 0.465 e. The van der Waals surface area contributed by atoms with Crippen LogP contribution in [0.4, 0.5) is 43.9 Å². The van der Waals surface area contributed by atoms with Gasteiger partial charge < -0.3 is 9.47 Å². The molecule has 0 aliphatic heterocycles. The fourth-order valence-corrected chi connectivity index (χ4v) is 0.806. The fourth-order valence-electron chi connectivity index (χ4n) is 0.806. The lowest BCUT2D eigenvalue weighted by molar-refractivity contribution is -0.285.